The van der Waals surface area contributed by atoms with Crippen LogP contribution in [0.25, 0.3) is 0 Å². The lowest BCUT2D eigenvalue weighted by Gasteiger charge is -2.30. The number of carbonyl (C=O) groups excluding carboxylic acids is 1. The fraction of sp³-hybridized carbons (Fsp3) is 0.632. The number of hydrogen-bond acceptors (Lipinski definition) is 5. The second-order valence-electron chi connectivity index (χ2n) is 7.46. The van der Waals surface area contributed by atoms with Crippen LogP contribution in [-0.2, 0) is 31.4 Å². The maximum absolute atomic E-state index is 12.6. The Balaban J connectivity index is 1.96. The van der Waals surface area contributed by atoms with Gasteiger partial charge in [0.05, 0.1) is 10.6 Å². The molecule has 1 saturated heterocycles. The molecular formula is C19H31N3O5S2. The molecule has 0 unspecified atom stereocenters. The molecule has 1 aromatic carbocycles. The molecule has 164 valence electrons. The molecule has 2 rings (SSSR count). The van der Waals surface area contributed by atoms with Gasteiger partial charge in [-0.2, -0.15) is 0 Å². The highest BCUT2D eigenvalue weighted by Gasteiger charge is 2.31. The van der Waals surface area contributed by atoms with Crippen LogP contribution in [0.5, 0.6) is 0 Å². The van der Waals surface area contributed by atoms with Gasteiger partial charge in [-0.3, -0.25) is 4.79 Å². The smallest absolute Gasteiger partial charge is 0.242 e. The van der Waals surface area contributed by atoms with E-state index in [1.807, 2.05) is 6.92 Å². The normalized spacial score (nSPS) is 16.8. The van der Waals surface area contributed by atoms with E-state index >= 15 is 0 Å². The number of carbonyl (C=O) groups is 1. The minimum absolute atomic E-state index is 0.108. The standard InChI is InChI=1S/C19H31N3O5S2/c1-4-5-14-28(24,25)22-12-10-16(11-13-22)19(23)20-15-17-8-6-7-9-18(17)29(26,27)21(2)3/h6-9,16H,4-5,10-15H2,1-3H3,(H,20,23). The van der Waals surface area contributed by atoms with E-state index in [2.05, 4.69) is 5.32 Å². The van der Waals surface area contributed by atoms with Gasteiger partial charge in [0.2, 0.25) is 26.0 Å². The molecule has 0 radical (unpaired) electrons. The van der Waals surface area contributed by atoms with Crippen LogP contribution in [0.15, 0.2) is 29.2 Å². The lowest BCUT2D eigenvalue weighted by Crippen LogP contribution is -2.43. The summed E-state index contributed by atoms with van der Waals surface area (Å²) in [5.41, 5.74) is 0.522. The fourth-order valence-corrected chi connectivity index (χ4v) is 6.07. The molecule has 1 fully saturated rings. The van der Waals surface area contributed by atoms with Gasteiger partial charge in [-0.05, 0) is 30.9 Å². The summed E-state index contributed by atoms with van der Waals surface area (Å²) in [6.45, 7) is 2.75. The van der Waals surface area contributed by atoms with E-state index in [4.69, 9.17) is 0 Å². The van der Waals surface area contributed by atoms with Crippen LogP contribution in [0.3, 0.4) is 0 Å². The van der Waals surface area contributed by atoms with Gasteiger partial charge < -0.3 is 5.32 Å². The second kappa shape index (κ2) is 10.0. The Morgan fingerprint density at radius 3 is 2.34 bits per heavy atom. The van der Waals surface area contributed by atoms with Gasteiger partial charge in [0.25, 0.3) is 0 Å². The molecule has 10 heteroatoms. The highest BCUT2D eigenvalue weighted by Crippen LogP contribution is 2.22. The zero-order valence-corrected chi connectivity index (χ0v) is 18.9. The van der Waals surface area contributed by atoms with Crippen LogP contribution < -0.4 is 5.32 Å². The zero-order chi connectivity index (χ0) is 21.7. The number of amides is 1. The molecule has 1 aliphatic heterocycles. The predicted octanol–water partition coefficient (Wildman–Crippen LogP) is 1.40. The van der Waals surface area contributed by atoms with Gasteiger partial charge in [0, 0.05) is 39.6 Å². The second-order valence-corrected chi connectivity index (χ2v) is 11.7. The average molecular weight is 446 g/mol. The highest BCUT2D eigenvalue weighted by atomic mass is 32.2. The number of sulfonamides is 2. The summed E-state index contributed by atoms with van der Waals surface area (Å²) in [7, 11) is -3.92. The summed E-state index contributed by atoms with van der Waals surface area (Å²) < 4.78 is 52.1. The third-order valence-electron chi connectivity index (χ3n) is 5.16. The Morgan fingerprint density at radius 1 is 1.14 bits per heavy atom. The van der Waals surface area contributed by atoms with E-state index < -0.39 is 20.0 Å². The molecular weight excluding hydrogens is 414 g/mol. The average Bonchev–Trinajstić information content (AvgIpc) is 2.70. The van der Waals surface area contributed by atoms with Gasteiger partial charge in [-0.15, -0.1) is 0 Å². The molecule has 0 spiro atoms. The van der Waals surface area contributed by atoms with Gasteiger partial charge in [0.1, 0.15) is 0 Å². The quantitative estimate of drug-likeness (QED) is 0.619. The van der Waals surface area contributed by atoms with Crippen molar-refractivity contribution in [2.75, 3.05) is 32.9 Å². The van der Waals surface area contributed by atoms with Crippen molar-refractivity contribution >= 4 is 26.0 Å². The first-order valence-electron chi connectivity index (χ1n) is 9.85. The summed E-state index contributed by atoms with van der Waals surface area (Å²) in [4.78, 5) is 12.7. The van der Waals surface area contributed by atoms with E-state index in [0.717, 1.165) is 10.7 Å². The Labute approximate surface area is 174 Å². The van der Waals surface area contributed by atoms with E-state index in [1.165, 1.54) is 24.5 Å². The van der Waals surface area contributed by atoms with Crippen LogP contribution in [0.4, 0.5) is 0 Å². The number of nitrogens with zero attached hydrogens (tertiary/aromatic N) is 2. The summed E-state index contributed by atoms with van der Waals surface area (Å²) in [5.74, 6) is -0.296. The molecule has 1 amide bonds. The van der Waals surface area contributed by atoms with Gasteiger partial charge in [0.15, 0.2) is 0 Å². The first-order valence-corrected chi connectivity index (χ1v) is 12.9. The largest absolute Gasteiger partial charge is 0.352 e. The summed E-state index contributed by atoms with van der Waals surface area (Å²) >= 11 is 0. The fourth-order valence-electron chi connectivity index (χ4n) is 3.28. The number of rotatable bonds is 9. The molecule has 8 nitrogen and oxygen atoms in total. The van der Waals surface area contributed by atoms with Crippen molar-refractivity contribution in [3.8, 4) is 0 Å². The van der Waals surface area contributed by atoms with Crippen LogP contribution in [0.2, 0.25) is 0 Å². The monoisotopic (exact) mass is 445 g/mol. The Hall–Kier alpha value is -1.49. The van der Waals surface area contributed by atoms with Crippen molar-refractivity contribution < 1.29 is 21.6 Å². The zero-order valence-electron chi connectivity index (χ0n) is 17.3. The molecule has 0 aliphatic carbocycles. The summed E-state index contributed by atoms with van der Waals surface area (Å²) in [6, 6.07) is 6.59. The maximum atomic E-state index is 12.6. The molecule has 1 heterocycles. The van der Waals surface area contributed by atoms with Crippen molar-refractivity contribution in [3.05, 3.63) is 29.8 Å². The molecule has 1 aromatic rings. The summed E-state index contributed by atoms with van der Waals surface area (Å²) in [6.07, 6.45) is 2.39. The van der Waals surface area contributed by atoms with Gasteiger partial charge in [-0.25, -0.2) is 25.4 Å². The molecule has 1 aliphatic rings. The molecule has 0 bridgehead atoms. The van der Waals surface area contributed by atoms with Crippen molar-refractivity contribution in [3.63, 3.8) is 0 Å². The SMILES string of the molecule is CCCCS(=O)(=O)N1CCC(C(=O)NCc2ccccc2S(=O)(=O)N(C)C)CC1. The highest BCUT2D eigenvalue weighted by molar-refractivity contribution is 7.89. The third kappa shape index (κ3) is 6.00. The van der Waals surface area contributed by atoms with E-state index in [1.54, 1.807) is 18.2 Å². The number of nitrogens with one attached hydrogen (secondary N) is 1. The topological polar surface area (TPSA) is 104 Å². The first-order chi connectivity index (χ1) is 13.6. The predicted molar refractivity (Wildman–Crippen MR) is 112 cm³/mol. The third-order valence-corrected chi connectivity index (χ3v) is 9.03. The number of unbranched alkanes of at least 4 members (excludes halogenated alkanes) is 1. The van der Waals surface area contributed by atoms with Gasteiger partial charge >= 0.3 is 0 Å². The van der Waals surface area contributed by atoms with E-state index in [9.17, 15) is 21.6 Å². The molecule has 0 atom stereocenters. The lowest BCUT2D eigenvalue weighted by atomic mass is 9.97. The Bertz CT molecular complexity index is 906. The van der Waals surface area contributed by atoms with Crippen LogP contribution in [0.1, 0.15) is 38.2 Å². The molecule has 29 heavy (non-hydrogen) atoms. The van der Waals surface area contributed by atoms with Crippen molar-refractivity contribution in [2.24, 2.45) is 5.92 Å². The van der Waals surface area contributed by atoms with E-state index in [0.29, 0.717) is 37.9 Å². The summed E-state index contributed by atoms with van der Waals surface area (Å²) in [5, 5.41) is 2.82. The molecule has 0 aromatic heterocycles. The number of hydrogen-bond donors (Lipinski definition) is 1. The number of benzene rings is 1. The minimum atomic E-state index is -3.60. The molecule has 1 N–H and O–H groups in total. The van der Waals surface area contributed by atoms with Crippen LogP contribution in [-0.4, -0.2) is 64.3 Å². The van der Waals surface area contributed by atoms with Gasteiger partial charge in [-0.1, -0.05) is 31.5 Å². The Morgan fingerprint density at radius 2 is 1.76 bits per heavy atom. The first kappa shape index (κ1) is 23.8. The lowest BCUT2D eigenvalue weighted by molar-refractivity contribution is -0.126. The Kier molecular flexibility index (Phi) is 8.21. The van der Waals surface area contributed by atoms with Crippen LogP contribution in [0, 0.1) is 5.92 Å². The van der Waals surface area contributed by atoms with Crippen molar-refractivity contribution in [1.82, 2.24) is 13.9 Å². The van der Waals surface area contributed by atoms with E-state index in [-0.39, 0.29) is 29.0 Å². The molecule has 0 saturated carbocycles. The minimum Gasteiger partial charge on any atom is -0.352 e. The maximum Gasteiger partial charge on any atom is 0.242 e. The van der Waals surface area contributed by atoms with Crippen LogP contribution >= 0.6 is 0 Å². The van der Waals surface area contributed by atoms with Crippen molar-refractivity contribution in [2.45, 2.75) is 44.0 Å². The number of piperidine rings is 1. The van der Waals surface area contributed by atoms with Crippen molar-refractivity contribution in [1.29, 1.82) is 0 Å².